The SMILES string of the molecule is CN=C(NCCCOCC1CCCO1)NCc1cccs1. The lowest BCUT2D eigenvalue weighted by molar-refractivity contribution is 0.0168. The number of nitrogens with one attached hydrogen (secondary N) is 2. The van der Waals surface area contributed by atoms with Gasteiger partial charge in [0.25, 0.3) is 0 Å². The van der Waals surface area contributed by atoms with Crippen molar-refractivity contribution < 1.29 is 9.47 Å². The first kappa shape index (κ1) is 16.3. The van der Waals surface area contributed by atoms with Crippen LogP contribution in [-0.2, 0) is 16.0 Å². The number of aliphatic imine (C=N–C) groups is 1. The molecule has 1 aromatic heterocycles. The summed E-state index contributed by atoms with van der Waals surface area (Å²) in [4.78, 5) is 5.51. The Morgan fingerprint density at radius 3 is 3.19 bits per heavy atom. The molecule has 0 radical (unpaired) electrons. The summed E-state index contributed by atoms with van der Waals surface area (Å²) in [5.74, 6) is 0.836. The third-order valence-electron chi connectivity index (χ3n) is 3.32. The quantitative estimate of drug-likeness (QED) is 0.438. The van der Waals surface area contributed by atoms with E-state index in [9.17, 15) is 0 Å². The molecule has 5 nitrogen and oxygen atoms in total. The van der Waals surface area contributed by atoms with Crippen molar-refractivity contribution in [2.45, 2.75) is 31.9 Å². The van der Waals surface area contributed by atoms with Crippen LogP contribution < -0.4 is 10.6 Å². The van der Waals surface area contributed by atoms with Gasteiger partial charge in [0.15, 0.2) is 5.96 Å². The van der Waals surface area contributed by atoms with E-state index in [0.29, 0.717) is 6.10 Å². The predicted molar refractivity (Wildman–Crippen MR) is 86.9 cm³/mol. The normalized spacial score (nSPS) is 18.9. The molecule has 118 valence electrons. The topological polar surface area (TPSA) is 54.9 Å². The second kappa shape index (κ2) is 9.76. The van der Waals surface area contributed by atoms with Gasteiger partial charge in [-0.05, 0) is 30.7 Å². The molecule has 1 aromatic rings. The summed E-state index contributed by atoms with van der Waals surface area (Å²) in [5, 5.41) is 8.67. The lowest BCUT2D eigenvalue weighted by atomic mass is 10.2. The Kier molecular flexibility index (Phi) is 7.56. The van der Waals surface area contributed by atoms with Crippen LogP contribution in [0.4, 0.5) is 0 Å². The summed E-state index contributed by atoms with van der Waals surface area (Å²) in [6, 6.07) is 4.17. The van der Waals surface area contributed by atoms with Gasteiger partial charge in [-0.1, -0.05) is 6.07 Å². The fourth-order valence-electron chi connectivity index (χ4n) is 2.18. The maximum Gasteiger partial charge on any atom is 0.191 e. The Balaban J connectivity index is 1.48. The minimum atomic E-state index is 0.318. The van der Waals surface area contributed by atoms with Crippen LogP contribution in [0.1, 0.15) is 24.1 Å². The molecule has 0 spiro atoms. The number of nitrogens with zero attached hydrogens (tertiary/aromatic N) is 1. The van der Waals surface area contributed by atoms with Crippen molar-refractivity contribution in [1.82, 2.24) is 10.6 Å². The number of rotatable bonds is 8. The van der Waals surface area contributed by atoms with Crippen molar-refractivity contribution >= 4 is 17.3 Å². The van der Waals surface area contributed by atoms with Crippen LogP contribution in [0.3, 0.4) is 0 Å². The first-order valence-corrected chi connectivity index (χ1v) is 8.42. The first-order valence-electron chi connectivity index (χ1n) is 7.54. The third kappa shape index (κ3) is 6.46. The Hall–Kier alpha value is -1.11. The molecule has 0 aliphatic carbocycles. The van der Waals surface area contributed by atoms with Crippen molar-refractivity contribution in [3.05, 3.63) is 22.4 Å². The standard InChI is InChI=1S/C15H25N3O2S/c1-16-15(18-11-14-6-3-10-21-14)17-7-4-8-19-12-13-5-2-9-20-13/h3,6,10,13H,2,4-5,7-9,11-12H2,1H3,(H2,16,17,18). The molecular weight excluding hydrogens is 286 g/mol. The Morgan fingerprint density at radius 2 is 2.48 bits per heavy atom. The van der Waals surface area contributed by atoms with Crippen LogP contribution in [0.5, 0.6) is 0 Å². The first-order chi connectivity index (χ1) is 10.4. The van der Waals surface area contributed by atoms with Crippen molar-refractivity contribution in [2.75, 3.05) is 33.4 Å². The number of guanidine groups is 1. The zero-order valence-electron chi connectivity index (χ0n) is 12.6. The molecule has 6 heteroatoms. The maximum absolute atomic E-state index is 5.63. The summed E-state index contributed by atoms with van der Waals surface area (Å²) in [6.07, 6.45) is 3.59. The second-order valence-corrected chi connectivity index (χ2v) is 6.03. The van der Waals surface area contributed by atoms with Crippen LogP contribution >= 0.6 is 11.3 Å². The molecule has 2 heterocycles. The molecule has 0 aromatic carbocycles. The molecule has 1 aliphatic heterocycles. The van der Waals surface area contributed by atoms with E-state index < -0.39 is 0 Å². The Bertz CT molecular complexity index is 403. The van der Waals surface area contributed by atoms with Crippen molar-refractivity contribution in [3.63, 3.8) is 0 Å². The highest BCUT2D eigenvalue weighted by Crippen LogP contribution is 2.11. The molecule has 1 aliphatic rings. The number of ether oxygens (including phenoxy) is 2. The van der Waals surface area contributed by atoms with E-state index in [0.717, 1.165) is 51.7 Å². The van der Waals surface area contributed by atoms with E-state index in [4.69, 9.17) is 9.47 Å². The van der Waals surface area contributed by atoms with Gasteiger partial charge in [0, 0.05) is 31.7 Å². The van der Waals surface area contributed by atoms with Crippen LogP contribution in [0.15, 0.2) is 22.5 Å². The van der Waals surface area contributed by atoms with Gasteiger partial charge < -0.3 is 20.1 Å². The van der Waals surface area contributed by atoms with Gasteiger partial charge in [0.2, 0.25) is 0 Å². The Labute approximate surface area is 130 Å². The van der Waals surface area contributed by atoms with E-state index in [-0.39, 0.29) is 0 Å². The van der Waals surface area contributed by atoms with E-state index in [1.165, 1.54) is 11.3 Å². The molecule has 0 saturated carbocycles. The third-order valence-corrected chi connectivity index (χ3v) is 4.20. The van der Waals surface area contributed by atoms with E-state index >= 15 is 0 Å². The minimum Gasteiger partial charge on any atom is -0.379 e. The van der Waals surface area contributed by atoms with Gasteiger partial charge in [-0.2, -0.15) is 0 Å². The highest BCUT2D eigenvalue weighted by atomic mass is 32.1. The molecule has 0 bridgehead atoms. The molecule has 2 rings (SSSR count). The molecule has 21 heavy (non-hydrogen) atoms. The van der Waals surface area contributed by atoms with Gasteiger partial charge in [-0.25, -0.2) is 0 Å². The average Bonchev–Trinajstić information content (AvgIpc) is 3.19. The van der Waals surface area contributed by atoms with Gasteiger partial charge >= 0.3 is 0 Å². The summed E-state index contributed by atoms with van der Waals surface area (Å²) < 4.78 is 11.1. The predicted octanol–water partition coefficient (Wildman–Crippen LogP) is 2.00. The fourth-order valence-corrected chi connectivity index (χ4v) is 2.82. The minimum absolute atomic E-state index is 0.318. The molecule has 1 fully saturated rings. The summed E-state index contributed by atoms with van der Waals surface area (Å²) >= 11 is 1.75. The fraction of sp³-hybridized carbons (Fsp3) is 0.667. The highest BCUT2D eigenvalue weighted by molar-refractivity contribution is 7.09. The molecule has 0 amide bonds. The highest BCUT2D eigenvalue weighted by Gasteiger charge is 2.14. The van der Waals surface area contributed by atoms with Crippen molar-refractivity contribution in [3.8, 4) is 0 Å². The van der Waals surface area contributed by atoms with E-state index in [2.05, 4.69) is 33.1 Å². The van der Waals surface area contributed by atoms with E-state index in [1.807, 2.05) is 0 Å². The zero-order chi connectivity index (χ0) is 14.8. The van der Waals surface area contributed by atoms with Crippen LogP contribution in [-0.4, -0.2) is 45.5 Å². The largest absolute Gasteiger partial charge is 0.379 e. The van der Waals surface area contributed by atoms with Crippen LogP contribution in [0, 0.1) is 0 Å². The molecule has 1 saturated heterocycles. The van der Waals surface area contributed by atoms with Gasteiger partial charge in [-0.3, -0.25) is 4.99 Å². The molecule has 1 atom stereocenters. The number of hydrogen-bond donors (Lipinski definition) is 2. The van der Waals surface area contributed by atoms with Crippen molar-refractivity contribution in [1.29, 1.82) is 0 Å². The summed E-state index contributed by atoms with van der Waals surface area (Å²) in [7, 11) is 1.79. The lowest BCUT2D eigenvalue weighted by Gasteiger charge is -2.12. The van der Waals surface area contributed by atoms with Crippen molar-refractivity contribution in [2.24, 2.45) is 4.99 Å². The van der Waals surface area contributed by atoms with E-state index in [1.54, 1.807) is 18.4 Å². The molecule has 2 N–H and O–H groups in total. The van der Waals surface area contributed by atoms with Gasteiger partial charge in [0.1, 0.15) is 0 Å². The number of hydrogen-bond acceptors (Lipinski definition) is 4. The van der Waals surface area contributed by atoms with Crippen LogP contribution in [0.25, 0.3) is 0 Å². The second-order valence-electron chi connectivity index (χ2n) is 5.00. The zero-order valence-corrected chi connectivity index (χ0v) is 13.5. The smallest absolute Gasteiger partial charge is 0.191 e. The van der Waals surface area contributed by atoms with Crippen LogP contribution in [0.2, 0.25) is 0 Å². The summed E-state index contributed by atoms with van der Waals surface area (Å²) in [6.45, 7) is 4.05. The Morgan fingerprint density at radius 1 is 1.52 bits per heavy atom. The summed E-state index contributed by atoms with van der Waals surface area (Å²) in [5.41, 5.74) is 0. The maximum atomic E-state index is 5.63. The lowest BCUT2D eigenvalue weighted by Crippen LogP contribution is -2.37. The van der Waals surface area contributed by atoms with Gasteiger partial charge in [-0.15, -0.1) is 11.3 Å². The monoisotopic (exact) mass is 311 g/mol. The average molecular weight is 311 g/mol. The molecule has 1 unspecified atom stereocenters. The number of thiophene rings is 1. The van der Waals surface area contributed by atoms with Gasteiger partial charge in [0.05, 0.1) is 19.3 Å². The molecular formula is C15H25N3O2S.